The molecule has 0 aromatic heterocycles. The van der Waals surface area contributed by atoms with Gasteiger partial charge in [-0.1, -0.05) is 32.1 Å². The van der Waals surface area contributed by atoms with Crippen molar-refractivity contribution < 1.29 is 9.53 Å². The third-order valence-electron chi connectivity index (χ3n) is 4.01. The largest absolute Gasteiger partial charge is 0.444 e. The lowest BCUT2D eigenvalue weighted by atomic mass is 9.96. The van der Waals surface area contributed by atoms with Gasteiger partial charge < -0.3 is 10.1 Å². The lowest BCUT2D eigenvalue weighted by molar-refractivity contribution is 0.0636. The van der Waals surface area contributed by atoms with E-state index < -0.39 is 11.7 Å². The number of anilines is 2. The van der Waals surface area contributed by atoms with E-state index in [1.165, 1.54) is 44.9 Å². The normalized spacial score (nSPS) is 17.0. The Balaban J connectivity index is 1.85. The summed E-state index contributed by atoms with van der Waals surface area (Å²) >= 11 is 0. The SMILES string of the molecule is CC(C)(C)OC(=O)Nc1ccc(NC2CCCCCCC2)cc1. The number of carbonyl (C=O) groups excluding carboxylic acids is 1. The molecule has 0 aliphatic heterocycles. The fourth-order valence-corrected chi connectivity index (χ4v) is 2.91. The van der Waals surface area contributed by atoms with Crippen molar-refractivity contribution >= 4 is 17.5 Å². The Kier molecular flexibility index (Phi) is 6.31. The Morgan fingerprint density at radius 1 is 0.957 bits per heavy atom. The number of benzene rings is 1. The molecule has 0 heterocycles. The van der Waals surface area contributed by atoms with E-state index in [1.54, 1.807) is 0 Å². The summed E-state index contributed by atoms with van der Waals surface area (Å²) in [5.74, 6) is 0. The van der Waals surface area contributed by atoms with Crippen LogP contribution in [0.4, 0.5) is 16.2 Å². The fourth-order valence-electron chi connectivity index (χ4n) is 2.91. The van der Waals surface area contributed by atoms with Crippen molar-refractivity contribution in [1.29, 1.82) is 0 Å². The highest BCUT2D eigenvalue weighted by atomic mass is 16.6. The molecule has 0 radical (unpaired) electrons. The van der Waals surface area contributed by atoms with Crippen molar-refractivity contribution in [3.63, 3.8) is 0 Å². The molecular weight excluding hydrogens is 288 g/mol. The van der Waals surface area contributed by atoms with Gasteiger partial charge in [-0.2, -0.15) is 0 Å². The third-order valence-corrected chi connectivity index (χ3v) is 4.01. The number of carbonyl (C=O) groups is 1. The molecule has 23 heavy (non-hydrogen) atoms. The molecule has 0 spiro atoms. The highest BCUT2D eigenvalue weighted by Crippen LogP contribution is 2.22. The second-order valence-corrected chi connectivity index (χ2v) is 7.39. The zero-order chi connectivity index (χ0) is 16.7. The number of hydrogen-bond donors (Lipinski definition) is 2. The third kappa shape index (κ3) is 6.93. The van der Waals surface area contributed by atoms with Gasteiger partial charge in [0.2, 0.25) is 0 Å². The first-order chi connectivity index (χ1) is 10.9. The van der Waals surface area contributed by atoms with Crippen LogP contribution >= 0.6 is 0 Å². The number of amides is 1. The van der Waals surface area contributed by atoms with Gasteiger partial charge in [0, 0.05) is 17.4 Å². The van der Waals surface area contributed by atoms with Crippen LogP contribution < -0.4 is 10.6 Å². The summed E-state index contributed by atoms with van der Waals surface area (Å²) in [5.41, 5.74) is 1.39. The van der Waals surface area contributed by atoms with Crippen LogP contribution in [0.15, 0.2) is 24.3 Å². The molecule has 0 unspecified atom stereocenters. The maximum atomic E-state index is 11.8. The van der Waals surface area contributed by atoms with Crippen LogP contribution in [-0.4, -0.2) is 17.7 Å². The van der Waals surface area contributed by atoms with Crippen LogP contribution in [0.25, 0.3) is 0 Å². The molecule has 2 N–H and O–H groups in total. The fraction of sp³-hybridized carbons (Fsp3) is 0.632. The van der Waals surface area contributed by atoms with Crippen molar-refractivity contribution in [3.8, 4) is 0 Å². The molecule has 1 aliphatic carbocycles. The molecule has 1 aliphatic rings. The highest BCUT2D eigenvalue weighted by molar-refractivity contribution is 5.85. The Labute approximate surface area is 140 Å². The van der Waals surface area contributed by atoms with Gasteiger partial charge in [-0.25, -0.2) is 4.79 Å². The average Bonchev–Trinajstić information content (AvgIpc) is 2.41. The van der Waals surface area contributed by atoms with Crippen LogP contribution in [0.5, 0.6) is 0 Å². The first kappa shape index (κ1) is 17.6. The van der Waals surface area contributed by atoms with E-state index >= 15 is 0 Å². The van der Waals surface area contributed by atoms with Crippen LogP contribution in [0.2, 0.25) is 0 Å². The van der Waals surface area contributed by atoms with E-state index in [2.05, 4.69) is 10.6 Å². The lowest BCUT2D eigenvalue weighted by Crippen LogP contribution is -2.27. The van der Waals surface area contributed by atoms with Gasteiger partial charge in [-0.05, 0) is 57.9 Å². The maximum Gasteiger partial charge on any atom is 0.412 e. The maximum absolute atomic E-state index is 11.8. The van der Waals surface area contributed by atoms with Gasteiger partial charge in [0.25, 0.3) is 0 Å². The van der Waals surface area contributed by atoms with Gasteiger partial charge in [0.15, 0.2) is 0 Å². The lowest BCUT2D eigenvalue weighted by Gasteiger charge is -2.22. The van der Waals surface area contributed by atoms with E-state index in [1.807, 2.05) is 45.0 Å². The van der Waals surface area contributed by atoms with E-state index in [0.717, 1.165) is 11.4 Å². The molecule has 4 heteroatoms. The van der Waals surface area contributed by atoms with Crippen molar-refractivity contribution in [2.24, 2.45) is 0 Å². The molecule has 1 saturated carbocycles. The minimum absolute atomic E-state index is 0.418. The van der Waals surface area contributed by atoms with Crippen LogP contribution in [-0.2, 0) is 4.74 Å². The number of rotatable bonds is 3. The molecule has 1 amide bonds. The second-order valence-electron chi connectivity index (χ2n) is 7.39. The predicted octanol–water partition coefficient (Wildman–Crippen LogP) is 5.56. The Bertz CT molecular complexity index is 483. The minimum Gasteiger partial charge on any atom is -0.444 e. The molecule has 1 aromatic carbocycles. The van der Waals surface area contributed by atoms with Gasteiger partial charge in [-0.3, -0.25) is 5.32 Å². The zero-order valence-electron chi connectivity index (χ0n) is 14.7. The van der Waals surface area contributed by atoms with Gasteiger partial charge in [0.1, 0.15) is 5.60 Å². The average molecular weight is 318 g/mol. The Hall–Kier alpha value is -1.71. The van der Waals surface area contributed by atoms with Crippen molar-refractivity contribution in [3.05, 3.63) is 24.3 Å². The summed E-state index contributed by atoms with van der Waals surface area (Å²) in [6, 6.07) is 8.43. The zero-order valence-corrected chi connectivity index (χ0v) is 14.7. The quantitative estimate of drug-likeness (QED) is 0.767. The van der Waals surface area contributed by atoms with Crippen molar-refractivity contribution in [1.82, 2.24) is 0 Å². The van der Waals surface area contributed by atoms with Crippen molar-refractivity contribution in [2.45, 2.75) is 77.4 Å². The molecule has 0 saturated heterocycles. The smallest absolute Gasteiger partial charge is 0.412 e. The summed E-state index contributed by atoms with van der Waals surface area (Å²) in [6.45, 7) is 5.57. The molecule has 128 valence electrons. The van der Waals surface area contributed by atoms with Gasteiger partial charge in [-0.15, -0.1) is 0 Å². The highest BCUT2D eigenvalue weighted by Gasteiger charge is 2.16. The number of ether oxygens (including phenoxy) is 1. The second kappa shape index (κ2) is 8.23. The molecule has 0 bridgehead atoms. The summed E-state index contributed by atoms with van der Waals surface area (Å²) < 4.78 is 5.25. The van der Waals surface area contributed by atoms with Crippen molar-refractivity contribution in [2.75, 3.05) is 10.6 Å². The minimum atomic E-state index is -0.482. The van der Waals surface area contributed by atoms with Gasteiger partial charge in [0.05, 0.1) is 0 Å². The summed E-state index contributed by atoms with van der Waals surface area (Å²) in [6.07, 6.45) is 8.81. The summed E-state index contributed by atoms with van der Waals surface area (Å²) in [5, 5.41) is 6.38. The molecular formula is C19H30N2O2. The predicted molar refractivity (Wildman–Crippen MR) is 96.0 cm³/mol. The summed E-state index contributed by atoms with van der Waals surface area (Å²) in [4.78, 5) is 11.8. The van der Waals surface area contributed by atoms with E-state index in [4.69, 9.17) is 4.74 Å². The van der Waals surface area contributed by atoms with E-state index in [0.29, 0.717) is 6.04 Å². The number of hydrogen-bond acceptors (Lipinski definition) is 3. The van der Waals surface area contributed by atoms with Crippen LogP contribution in [0, 0.1) is 0 Å². The standard InChI is InChI=1S/C19H30N2O2/c1-19(2,3)23-18(22)21-17-13-11-16(12-14-17)20-15-9-7-5-4-6-8-10-15/h11-15,20H,4-10H2,1-3H3,(H,21,22). The monoisotopic (exact) mass is 318 g/mol. The number of nitrogens with one attached hydrogen (secondary N) is 2. The van der Waals surface area contributed by atoms with E-state index in [-0.39, 0.29) is 0 Å². The molecule has 0 atom stereocenters. The van der Waals surface area contributed by atoms with Crippen LogP contribution in [0.3, 0.4) is 0 Å². The van der Waals surface area contributed by atoms with E-state index in [9.17, 15) is 4.79 Å². The first-order valence-electron chi connectivity index (χ1n) is 8.79. The Morgan fingerprint density at radius 2 is 1.48 bits per heavy atom. The van der Waals surface area contributed by atoms with Gasteiger partial charge >= 0.3 is 6.09 Å². The molecule has 1 fully saturated rings. The molecule has 1 aromatic rings. The topological polar surface area (TPSA) is 50.4 Å². The summed E-state index contributed by atoms with van der Waals surface area (Å²) in [7, 11) is 0. The Morgan fingerprint density at radius 3 is 2.04 bits per heavy atom. The first-order valence-corrected chi connectivity index (χ1v) is 8.79. The van der Waals surface area contributed by atoms with Crippen LogP contribution in [0.1, 0.15) is 65.7 Å². The molecule has 4 nitrogen and oxygen atoms in total. The molecule has 2 rings (SSSR count).